The third-order valence-electron chi connectivity index (χ3n) is 3.46. The molecule has 0 fully saturated rings. The molecule has 3 aromatic rings. The molecule has 0 bridgehead atoms. The van der Waals surface area contributed by atoms with Crippen molar-refractivity contribution in [2.75, 3.05) is 0 Å². The number of hydrogen-bond acceptors (Lipinski definition) is 4. The Morgan fingerprint density at radius 3 is 2.61 bits per heavy atom. The van der Waals surface area contributed by atoms with Crippen molar-refractivity contribution in [1.82, 2.24) is 24.5 Å². The zero-order valence-electron chi connectivity index (χ0n) is 12.8. The summed E-state index contributed by atoms with van der Waals surface area (Å²) in [5.41, 5.74) is 2.23. The van der Waals surface area contributed by atoms with Crippen molar-refractivity contribution in [2.24, 2.45) is 0 Å². The van der Waals surface area contributed by atoms with Gasteiger partial charge in [-0.05, 0) is 30.2 Å². The predicted molar refractivity (Wildman–Crippen MR) is 88.1 cm³/mol. The smallest absolute Gasteiger partial charge is 0.253 e. The SMILES string of the molecule is CC(C)c1cc(=O)n(Cc2cn(-c3ccc(Cl)cc3)nn2)cn1. The van der Waals surface area contributed by atoms with Gasteiger partial charge >= 0.3 is 0 Å². The number of nitrogens with zero attached hydrogens (tertiary/aromatic N) is 5. The molecular weight excluding hydrogens is 314 g/mol. The summed E-state index contributed by atoms with van der Waals surface area (Å²) in [6.07, 6.45) is 3.34. The Kier molecular flexibility index (Phi) is 4.25. The molecular formula is C16H16ClN5O. The van der Waals surface area contributed by atoms with Crippen LogP contribution in [0.5, 0.6) is 0 Å². The fraction of sp³-hybridized carbons (Fsp3) is 0.250. The fourth-order valence-corrected chi connectivity index (χ4v) is 2.27. The second-order valence-electron chi connectivity index (χ2n) is 5.57. The van der Waals surface area contributed by atoms with Crippen molar-refractivity contribution in [3.63, 3.8) is 0 Å². The van der Waals surface area contributed by atoms with Crippen molar-refractivity contribution >= 4 is 11.6 Å². The van der Waals surface area contributed by atoms with Crippen LogP contribution in [0, 0.1) is 0 Å². The van der Waals surface area contributed by atoms with Crippen LogP contribution >= 0.6 is 11.6 Å². The molecule has 0 saturated carbocycles. The zero-order chi connectivity index (χ0) is 16.4. The maximum Gasteiger partial charge on any atom is 0.253 e. The van der Waals surface area contributed by atoms with Gasteiger partial charge in [0.15, 0.2) is 0 Å². The Labute approximate surface area is 138 Å². The highest BCUT2D eigenvalue weighted by atomic mass is 35.5. The highest BCUT2D eigenvalue weighted by Crippen LogP contribution is 2.13. The standard InChI is InChI=1S/C16H16ClN5O/c1-11(2)15-7-16(23)21(10-18-15)8-13-9-22(20-19-13)14-5-3-12(17)4-6-14/h3-7,9-11H,8H2,1-2H3. The van der Waals surface area contributed by atoms with E-state index in [0.717, 1.165) is 11.4 Å². The van der Waals surface area contributed by atoms with Crippen LogP contribution < -0.4 is 5.56 Å². The summed E-state index contributed by atoms with van der Waals surface area (Å²) in [6, 6.07) is 8.85. The van der Waals surface area contributed by atoms with Crippen LogP contribution in [0.3, 0.4) is 0 Å². The van der Waals surface area contributed by atoms with Gasteiger partial charge in [-0.15, -0.1) is 5.10 Å². The summed E-state index contributed by atoms with van der Waals surface area (Å²) in [6.45, 7) is 4.34. The Morgan fingerprint density at radius 1 is 1.22 bits per heavy atom. The molecule has 0 spiro atoms. The molecule has 7 heteroatoms. The number of hydrogen-bond donors (Lipinski definition) is 0. The second kappa shape index (κ2) is 6.34. The topological polar surface area (TPSA) is 65.6 Å². The molecule has 0 aliphatic heterocycles. The normalized spacial score (nSPS) is 11.1. The lowest BCUT2D eigenvalue weighted by Gasteiger charge is -2.06. The maximum absolute atomic E-state index is 12.1. The van der Waals surface area contributed by atoms with Gasteiger partial charge in [0.1, 0.15) is 5.69 Å². The van der Waals surface area contributed by atoms with Gasteiger partial charge in [-0.2, -0.15) is 0 Å². The van der Waals surface area contributed by atoms with Crippen molar-refractivity contribution in [1.29, 1.82) is 0 Å². The minimum absolute atomic E-state index is 0.0928. The predicted octanol–water partition coefficient (Wildman–Crippen LogP) is 2.65. The minimum Gasteiger partial charge on any atom is -0.293 e. The molecule has 0 radical (unpaired) electrons. The Bertz CT molecular complexity index is 867. The van der Waals surface area contributed by atoms with E-state index in [9.17, 15) is 4.79 Å². The lowest BCUT2D eigenvalue weighted by molar-refractivity contribution is 0.691. The van der Waals surface area contributed by atoms with Crippen LogP contribution in [0.1, 0.15) is 31.2 Å². The highest BCUT2D eigenvalue weighted by Gasteiger charge is 2.07. The molecule has 1 aromatic carbocycles. The van der Waals surface area contributed by atoms with Gasteiger partial charge in [0.2, 0.25) is 0 Å². The van der Waals surface area contributed by atoms with Crippen LogP contribution in [0.25, 0.3) is 5.69 Å². The van der Waals surface area contributed by atoms with Crippen LogP contribution in [0.2, 0.25) is 5.02 Å². The van der Waals surface area contributed by atoms with E-state index in [0.29, 0.717) is 17.3 Å². The lowest BCUT2D eigenvalue weighted by Crippen LogP contribution is -2.21. The van der Waals surface area contributed by atoms with E-state index in [1.54, 1.807) is 35.4 Å². The third kappa shape index (κ3) is 3.48. The summed E-state index contributed by atoms with van der Waals surface area (Å²) in [5.74, 6) is 0.225. The van der Waals surface area contributed by atoms with Crippen LogP contribution in [0.15, 0.2) is 47.7 Å². The molecule has 23 heavy (non-hydrogen) atoms. The molecule has 3 rings (SSSR count). The fourth-order valence-electron chi connectivity index (χ4n) is 2.14. The van der Waals surface area contributed by atoms with E-state index in [4.69, 9.17) is 11.6 Å². The second-order valence-corrected chi connectivity index (χ2v) is 6.00. The van der Waals surface area contributed by atoms with Gasteiger partial charge in [-0.25, -0.2) is 9.67 Å². The van der Waals surface area contributed by atoms with Crippen molar-refractivity contribution in [3.05, 3.63) is 69.6 Å². The molecule has 0 N–H and O–H groups in total. The van der Waals surface area contributed by atoms with Gasteiger partial charge in [0.25, 0.3) is 5.56 Å². The number of aromatic nitrogens is 5. The monoisotopic (exact) mass is 329 g/mol. The Morgan fingerprint density at radius 2 is 1.96 bits per heavy atom. The van der Waals surface area contributed by atoms with E-state index >= 15 is 0 Å². The summed E-state index contributed by atoms with van der Waals surface area (Å²) < 4.78 is 3.16. The van der Waals surface area contributed by atoms with E-state index in [-0.39, 0.29) is 11.5 Å². The van der Waals surface area contributed by atoms with Crippen molar-refractivity contribution in [3.8, 4) is 5.69 Å². The minimum atomic E-state index is -0.0928. The molecule has 2 aromatic heterocycles. The number of rotatable bonds is 4. The van der Waals surface area contributed by atoms with Gasteiger partial charge in [0.05, 0.1) is 30.5 Å². The Hall–Kier alpha value is -2.47. The highest BCUT2D eigenvalue weighted by molar-refractivity contribution is 6.30. The van der Waals surface area contributed by atoms with Crippen LogP contribution in [-0.4, -0.2) is 24.5 Å². The lowest BCUT2D eigenvalue weighted by atomic mass is 10.1. The van der Waals surface area contributed by atoms with Crippen molar-refractivity contribution in [2.45, 2.75) is 26.3 Å². The molecule has 0 aliphatic carbocycles. The molecule has 0 atom stereocenters. The first-order chi connectivity index (χ1) is 11.0. The van der Waals surface area contributed by atoms with Gasteiger partial charge in [0, 0.05) is 11.1 Å². The average Bonchev–Trinajstić information content (AvgIpc) is 2.98. The molecule has 6 nitrogen and oxygen atoms in total. The molecule has 118 valence electrons. The molecule has 2 heterocycles. The van der Waals surface area contributed by atoms with Crippen LogP contribution in [0.4, 0.5) is 0 Å². The quantitative estimate of drug-likeness (QED) is 0.738. The van der Waals surface area contributed by atoms with Gasteiger partial charge in [-0.1, -0.05) is 30.7 Å². The Balaban J connectivity index is 1.82. The molecule has 0 amide bonds. The summed E-state index contributed by atoms with van der Waals surface area (Å²) in [4.78, 5) is 16.4. The molecule has 0 saturated heterocycles. The van der Waals surface area contributed by atoms with Crippen molar-refractivity contribution < 1.29 is 0 Å². The summed E-state index contributed by atoms with van der Waals surface area (Å²) in [5, 5.41) is 8.84. The summed E-state index contributed by atoms with van der Waals surface area (Å²) in [7, 11) is 0. The van der Waals surface area contributed by atoms with Gasteiger partial charge in [-0.3, -0.25) is 9.36 Å². The first kappa shape index (κ1) is 15.4. The first-order valence-electron chi connectivity index (χ1n) is 7.26. The van der Waals surface area contributed by atoms with E-state index in [1.165, 1.54) is 4.57 Å². The largest absolute Gasteiger partial charge is 0.293 e. The zero-order valence-corrected chi connectivity index (χ0v) is 13.6. The van der Waals surface area contributed by atoms with Crippen LogP contribution in [-0.2, 0) is 6.54 Å². The third-order valence-corrected chi connectivity index (χ3v) is 3.71. The van der Waals surface area contributed by atoms with E-state index in [2.05, 4.69) is 15.3 Å². The van der Waals surface area contributed by atoms with E-state index in [1.807, 2.05) is 26.0 Å². The summed E-state index contributed by atoms with van der Waals surface area (Å²) >= 11 is 5.87. The van der Waals surface area contributed by atoms with Gasteiger partial charge < -0.3 is 0 Å². The molecule has 0 aliphatic rings. The number of halogens is 1. The number of benzene rings is 1. The van der Waals surface area contributed by atoms with E-state index < -0.39 is 0 Å². The molecule has 0 unspecified atom stereocenters. The average molecular weight is 330 g/mol. The maximum atomic E-state index is 12.1. The first-order valence-corrected chi connectivity index (χ1v) is 7.64.